The average molecular weight is 293 g/mol. The van der Waals surface area contributed by atoms with E-state index in [1.54, 1.807) is 12.1 Å². The molecule has 0 atom stereocenters. The second kappa shape index (κ2) is 4.59. The summed E-state index contributed by atoms with van der Waals surface area (Å²) in [5.74, 6) is 0.0358. The Kier molecular flexibility index (Phi) is 3.01. The topological polar surface area (TPSA) is 46.5 Å². The highest BCUT2D eigenvalue weighted by molar-refractivity contribution is 6.33. The van der Waals surface area contributed by atoms with Crippen LogP contribution in [0.1, 0.15) is 25.6 Å². The molecule has 104 valence electrons. The van der Waals surface area contributed by atoms with Gasteiger partial charge in [-0.05, 0) is 32.9 Å². The Bertz CT molecular complexity index is 768. The van der Waals surface area contributed by atoms with Crippen LogP contribution in [0.25, 0.3) is 22.6 Å². The van der Waals surface area contributed by atoms with Gasteiger partial charge in [-0.3, -0.25) is 0 Å². The third kappa shape index (κ3) is 1.89. The van der Waals surface area contributed by atoms with Crippen molar-refractivity contribution in [3.63, 3.8) is 0 Å². The SMILES string of the molecule is Cc1nn(C(C)C)c2nc(-c3c(F)cccc3Cl)[nH]c12. The fraction of sp³-hybridized carbons (Fsp3) is 0.286. The van der Waals surface area contributed by atoms with E-state index in [1.807, 2.05) is 25.5 Å². The first-order valence-electron chi connectivity index (χ1n) is 6.38. The standard InChI is InChI=1S/C14H14ClFN4/c1-7(2)20-14-12(8(3)19-20)17-13(18-14)11-9(15)5-4-6-10(11)16/h4-7H,1-3H3,(H,17,18). The van der Waals surface area contributed by atoms with Crippen molar-refractivity contribution in [3.8, 4) is 11.4 Å². The zero-order valence-electron chi connectivity index (χ0n) is 11.4. The van der Waals surface area contributed by atoms with E-state index < -0.39 is 5.82 Å². The van der Waals surface area contributed by atoms with Crippen LogP contribution in [0.3, 0.4) is 0 Å². The molecule has 0 fully saturated rings. The fourth-order valence-corrected chi connectivity index (χ4v) is 2.50. The van der Waals surface area contributed by atoms with Crippen LogP contribution in [0.15, 0.2) is 18.2 Å². The summed E-state index contributed by atoms with van der Waals surface area (Å²) in [5, 5.41) is 4.76. The summed E-state index contributed by atoms with van der Waals surface area (Å²) in [7, 11) is 0. The number of H-pyrrole nitrogens is 1. The number of halogens is 2. The highest BCUT2D eigenvalue weighted by Gasteiger charge is 2.18. The summed E-state index contributed by atoms with van der Waals surface area (Å²) in [5.41, 5.74) is 2.65. The van der Waals surface area contributed by atoms with E-state index in [9.17, 15) is 4.39 Å². The Morgan fingerprint density at radius 1 is 1.35 bits per heavy atom. The molecule has 0 radical (unpaired) electrons. The molecule has 0 saturated heterocycles. The van der Waals surface area contributed by atoms with E-state index in [-0.39, 0.29) is 6.04 Å². The van der Waals surface area contributed by atoms with Gasteiger partial charge in [0.15, 0.2) is 5.65 Å². The van der Waals surface area contributed by atoms with Crippen molar-refractivity contribution in [2.75, 3.05) is 0 Å². The first-order chi connectivity index (χ1) is 9.49. The summed E-state index contributed by atoms with van der Waals surface area (Å²) in [6.45, 7) is 5.94. The van der Waals surface area contributed by atoms with E-state index in [0.717, 1.165) is 11.2 Å². The van der Waals surface area contributed by atoms with Crippen molar-refractivity contribution in [1.29, 1.82) is 0 Å². The van der Waals surface area contributed by atoms with Crippen LogP contribution in [-0.2, 0) is 0 Å². The minimum absolute atomic E-state index is 0.179. The maximum Gasteiger partial charge on any atom is 0.177 e. The van der Waals surface area contributed by atoms with Gasteiger partial charge in [0.25, 0.3) is 0 Å². The molecule has 0 spiro atoms. The molecule has 0 saturated carbocycles. The monoisotopic (exact) mass is 292 g/mol. The summed E-state index contributed by atoms with van der Waals surface area (Å²) in [4.78, 5) is 7.59. The van der Waals surface area contributed by atoms with Gasteiger partial charge in [-0.25, -0.2) is 14.1 Å². The Morgan fingerprint density at radius 3 is 2.75 bits per heavy atom. The number of nitrogens with one attached hydrogen (secondary N) is 1. The van der Waals surface area contributed by atoms with Crippen LogP contribution < -0.4 is 0 Å². The average Bonchev–Trinajstić information content (AvgIpc) is 2.90. The lowest BCUT2D eigenvalue weighted by molar-refractivity contribution is 0.543. The van der Waals surface area contributed by atoms with Gasteiger partial charge < -0.3 is 4.98 Å². The van der Waals surface area contributed by atoms with Gasteiger partial charge in [-0.15, -0.1) is 0 Å². The third-order valence-corrected chi connectivity index (χ3v) is 3.52. The molecular formula is C14H14ClFN4. The molecule has 1 aromatic carbocycles. The molecular weight excluding hydrogens is 279 g/mol. The Morgan fingerprint density at radius 2 is 2.10 bits per heavy atom. The Labute approximate surface area is 120 Å². The number of aromatic nitrogens is 4. The Hall–Kier alpha value is -1.88. The fourth-order valence-electron chi connectivity index (χ4n) is 2.24. The summed E-state index contributed by atoms with van der Waals surface area (Å²) >= 11 is 6.08. The van der Waals surface area contributed by atoms with Gasteiger partial charge in [0.05, 0.1) is 16.3 Å². The molecule has 0 aliphatic carbocycles. The molecule has 0 amide bonds. The lowest BCUT2D eigenvalue weighted by atomic mass is 10.2. The van der Waals surface area contributed by atoms with Gasteiger partial charge >= 0.3 is 0 Å². The van der Waals surface area contributed by atoms with Gasteiger partial charge in [-0.1, -0.05) is 17.7 Å². The number of hydrogen-bond donors (Lipinski definition) is 1. The zero-order chi connectivity index (χ0) is 14.4. The van der Waals surface area contributed by atoms with Crippen LogP contribution in [0.4, 0.5) is 4.39 Å². The second-order valence-corrected chi connectivity index (χ2v) is 5.41. The molecule has 2 heterocycles. The number of rotatable bonds is 2. The molecule has 0 aliphatic rings. The molecule has 3 rings (SSSR count). The predicted molar refractivity (Wildman–Crippen MR) is 77.4 cm³/mol. The molecule has 6 heteroatoms. The Balaban J connectivity index is 2.26. The van der Waals surface area contributed by atoms with Gasteiger partial charge in [0.2, 0.25) is 0 Å². The van der Waals surface area contributed by atoms with Gasteiger partial charge in [0, 0.05) is 6.04 Å². The van der Waals surface area contributed by atoms with Crippen LogP contribution in [-0.4, -0.2) is 19.7 Å². The lowest BCUT2D eigenvalue weighted by Crippen LogP contribution is -2.03. The smallest absolute Gasteiger partial charge is 0.177 e. The van der Waals surface area contributed by atoms with Crippen molar-refractivity contribution in [1.82, 2.24) is 19.7 Å². The van der Waals surface area contributed by atoms with Crippen LogP contribution in [0, 0.1) is 12.7 Å². The summed E-state index contributed by atoms with van der Waals surface area (Å²) < 4.78 is 15.8. The van der Waals surface area contributed by atoms with E-state index in [1.165, 1.54) is 6.07 Å². The second-order valence-electron chi connectivity index (χ2n) is 5.00. The molecule has 20 heavy (non-hydrogen) atoms. The summed E-state index contributed by atoms with van der Waals surface area (Å²) in [6.07, 6.45) is 0. The van der Waals surface area contributed by atoms with E-state index in [0.29, 0.717) is 22.1 Å². The van der Waals surface area contributed by atoms with Crippen molar-refractivity contribution in [2.24, 2.45) is 0 Å². The van der Waals surface area contributed by atoms with Crippen molar-refractivity contribution in [2.45, 2.75) is 26.8 Å². The number of aromatic amines is 1. The van der Waals surface area contributed by atoms with E-state index in [4.69, 9.17) is 11.6 Å². The maximum atomic E-state index is 14.0. The van der Waals surface area contributed by atoms with Gasteiger partial charge in [-0.2, -0.15) is 5.10 Å². The van der Waals surface area contributed by atoms with Crippen LogP contribution >= 0.6 is 11.6 Å². The largest absolute Gasteiger partial charge is 0.335 e. The maximum absolute atomic E-state index is 14.0. The molecule has 3 aromatic rings. The van der Waals surface area contributed by atoms with Crippen molar-refractivity contribution < 1.29 is 4.39 Å². The van der Waals surface area contributed by atoms with E-state index in [2.05, 4.69) is 15.1 Å². The number of benzene rings is 1. The number of nitrogens with zero attached hydrogens (tertiary/aromatic N) is 3. The van der Waals surface area contributed by atoms with Crippen LogP contribution in [0.5, 0.6) is 0 Å². The predicted octanol–water partition coefficient (Wildman–Crippen LogP) is 4.11. The normalized spacial score (nSPS) is 11.7. The first-order valence-corrected chi connectivity index (χ1v) is 6.76. The third-order valence-electron chi connectivity index (χ3n) is 3.21. The quantitative estimate of drug-likeness (QED) is 0.772. The number of aryl methyl sites for hydroxylation is 1. The van der Waals surface area contributed by atoms with E-state index >= 15 is 0 Å². The molecule has 0 bridgehead atoms. The number of imidazole rings is 1. The van der Waals surface area contributed by atoms with Gasteiger partial charge in [0.1, 0.15) is 17.2 Å². The van der Waals surface area contributed by atoms with Crippen molar-refractivity contribution in [3.05, 3.63) is 34.7 Å². The zero-order valence-corrected chi connectivity index (χ0v) is 12.2. The molecule has 0 aliphatic heterocycles. The van der Waals surface area contributed by atoms with Crippen molar-refractivity contribution >= 4 is 22.8 Å². The minimum atomic E-state index is -0.393. The minimum Gasteiger partial charge on any atom is -0.335 e. The highest BCUT2D eigenvalue weighted by Crippen LogP contribution is 2.31. The lowest BCUT2D eigenvalue weighted by Gasteiger charge is -2.05. The molecule has 4 nitrogen and oxygen atoms in total. The number of fused-ring (bicyclic) bond motifs is 1. The molecule has 1 N–H and O–H groups in total. The molecule has 2 aromatic heterocycles. The molecule has 0 unspecified atom stereocenters. The number of hydrogen-bond acceptors (Lipinski definition) is 2. The first kappa shape index (κ1) is 13.1. The summed E-state index contributed by atoms with van der Waals surface area (Å²) in [6, 6.07) is 4.77. The highest BCUT2D eigenvalue weighted by atomic mass is 35.5. The van der Waals surface area contributed by atoms with Crippen LogP contribution in [0.2, 0.25) is 5.02 Å².